The highest BCUT2D eigenvalue weighted by molar-refractivity contribution is 5.92. The molecule has 1 amide bonds. The Balaban J connectivity index is 1.32. The van der Waals surface area contributed by atoms with E-state index in [1.165, 1.54) is 49.6 Å². The number of carbonyl (C=O) groups is 2. The zero-order valence-corrected chi connectivity index (χ0v) is 18.8. The molecule has 0 bridgehead atoms. The van der Waals surface area contributed by atoms with E-state index in [2.05, 4.69) is 10.4 Å². The van der Waals surface area contributed by atoms with Gasteiger partial charge in [0, 0.05) is 17.4 Å². The molecule has 0 aliphatic rings. The van der Waals surface area contributed by atoms with Crippen LogP contribution in [0.5, 0.6) is 11.5 Å². The van der Waals surface area contributed by atoms with Crippen molar-refractivity contribution < 1.29 is 28.2 Å². The van der Waals surface area contributed by atoms with Crippen molar-refractivity contribution in [2.75, 3.05) is 19.0 Å². The Labute approximate surface area is 200 Å². The molecule has 178 valence electrons. The summed E-state index contributed by atoms with van der Waals surface area (Å²) < 4.78 is 30.9. The summed E-state index contributed by atoms with van der Waals surface area (Å²) in [5, 5.41) is 6.88. The number of carbonyl (C=O) groups excluding carboxylic acids is 2. The zero-order valence-electron chi connectivity index (χ0n) is 18.8. The molecule has 0 saturated carbocycles. The summed E-state index contributed by atoms with van der Waals surface area (Å²) in [4.78, 5) is 24.6. The number of aromatic nitrogens is 2. The largest absolute Gasteiger partial charge is 0.493 e. The number of nitrogens with one attached hydrogen (secondary N) is 1. The van der Waals surface area contributed by atoms with Gasteiger partial charge in [-0.25, -0.2) is 13.9 Å². The van der Waals surface area contributed by atoms with Crippen molar-refractivity contribution >= 4 is 17.6 Å². The number of benzene rings is 3. The van der Waals surface area contributed by atoms with Crippen LogP contribution in [0.2, 0.25) is 0 Å². The number of esters is 1. The molecule has 1 heterocycles. The van der Waals surface area contributed by atoms with Crippen molar-refractivity contribution in [3.05, 3.63) is 102 Å². The quantitative estimate of drug-likeness (QED) is 0.361. The first-order valence-electron chi connectivity index (χ1n) is 10.6. The lowest BCUT2D eigenvalue weighted by Crippen LogP contribution is -2.20. The number of halogens is 1. The summed E-state index contributed by atoms with van der Waals surface area (Å²) in [6.45, 7) is -0.251. The van der Waals surface area contributed by atoms with E-state index in [4.69, 9.17) is 14.2 Å². The number of hydrogen-bond acceptors (Lipinski definition) is 6. The second-order valence-electron chi connectivity index (χ2n) is 7.41. The van der Waals surface area contributed by atoms with Gasteiger partial charge in [-0.2, -0.15) is 5.10 Å². The molecule has 0 aliphatic heterocycles. The molecule has 1 aromatic heterocycles. The number of anilines is 1. The Kier molecular flexibility index (Phi) is 7.37. The Morgan fingerprint density at radius 2 is 1.77 bits per heavy atom. The van der Waals surface area contributed by atoms with Crippen molar-refractivity contribution in [2.45, 2.75) is 6.61 Å². The molecule has 3 aromatic carbocycles. The first kappa shape index (κ1) is 23.5. The van der Waals surface area contributed by atoms with Crippen molar-refractivity contribution in [1.82, 2.24) is 9.78 Å². The van der Waals surface area contributed by atoms with E-state index in [1.807, 2.05) is 30.3 Å². The van der Waals surface area contributed by atoms with E-state index in [-0.39, 0.29) is 30.3 Å². The highest BCUT2D eigenvalue weighted by atomic mass is 19.1. The molecule has 0 atom stereocenters. The monoisotopic (exact) mass is 475 g/mol. The number of ether oxygens (including phenoxy) is 3. The van der Waals surface area contributed by atoms with E-state index in [0.717, 1.165) is 11.3 Å². The van der Waals surface area contributed by atoms with Crippen LogP contribution in [0.4, 0.5) is 10.1 Å². The van der Waals surface area contributed by atoms with Crippen LogP contribution < -0.4 is 14.8 Å². The van der Waals surface area contributed by atoms with Crippen LogP contribution in [0.25, 0.3) is 5.69 Å². The number of nitrogens with zero attached hydrogens (tertiary/aromatic N) is 2. The number of methoxy groups -OCH3 is 1. The lowest BCUT2D eigenvalue weighted by molar-refractivity contribution is -0.118. The molecule has 1 N–H and O–H groups in total. The average molecular weight is 475 g/mol. The minimum absolute atomic E-state index is 0.0514. The lowest BCUT2D eigenvalue weighted by atomic mass is 10.2. The van der Waals surface area contributed by atoms with Crippen LogP contribution >= 0.6 is 0 Å². The van der Waals surface area contributed by atoms with Crippen molar-refractivity contribution in [3.8, 4) is 17.2 Å². The van der Waals surface area contributed by atoms with Gasteiger partial charge in [-0.15, -0.1) is 0 Å². The summed E-state index contributed by atoms with van der Waals surface area (Å²) in [6.07, 6.45) is 3.42. The van der Waals surface area contributed by atoms with Gasteiger partial charge in [-0.3, -0.25) is 4.79 Å². The van der Waals surface area contributed by atoms with Crippen molar-refractivity contribution in [2.24, 2.45) is 0 Å². The SMILES string of the molecule is COc1cc(C(=O)OCc2cnn(-c3ccccc3)c2)ccc1OCC(=O)Nc1ccc(F)cc1. The summed E-state index contributed by atoms with van der Waals surface area (Å²) >= 11 is 0. The van der Waals surface area contributed by atoms with Crippen molar-refractivity contribution in [1.29, 1.82) is 0 Å². The number of rotatable bonds is 9. The fourth-order valence-electron chi connectivity index (χ4n) is 3.18. The minimum Gasteiger partial charge on any atom is -0.493 e. The van der Waals surface area contributed by atoms with E-state index < -0.39 is 17.7 Å². The molecule has 8 nitrogen and oxygen atoms in total. The molecule has 0 aliphatic carbocycles. The molecular formula is C26H22FN3O5. The highest BCUT2D eigenvalue weighted by Crippen LogP contribution is 2.28. The molecule has 0 unspecified atom stereocenters. The van der Waals surface area contributed by atoms with Gasteiger partial charge in [0.15, 0.2) is 18.1 Å². The van der Waals surface area contributed by atoms with Gasteiger partial charge in [0.2, 0.25) is 0 Å². The second kappa shape index (κ2) is 11.0. The molecule has 0 radical (unpaired) electrons. The van der Waals surface area contributed by atoms with Crippen LogP contribution in [0.3, 0.4) is 0 Å². The van der Waals surface area contributed by atoms with Crippen LogP contribution in [0, 0.1) is 5.82 Å². The highest BCUT2D eigenvalue weighted by Gasteiger charge is 2.14. The van der Waals surface area contributed by atoms with Crippen LogP contribution in [-0.2, 0) is 16.1 Å². The smallest absolute Gasteiger partial charge is 0.338 e. The Bertz CT molecular complexity index is 1310. The third-order valence-corrected chi connectivity index (χ3v) is 4.91. The van der Waals surface area contributed by atoms with E-state index in [0.29, 0.717) is 5.69 Å². The summed E-state index contributed by atoms with van der Waals surface area (Å²) in [5.41, 5.74) is 2.35. The topological polar surface area (TPSA) is 91.7 Å². The third-order valence-electron chi connectivity index (χ3n) is 4.91. The fourth-order valence-corrected chi connectivity index (χ4v) is 3.18. The maximum atomic E-state index is 13.0. The van der Waals surface area contributed by atoms with E-state index in [1.54, 1.807) is 17.1 Å². The minimum atomic E-state index is -0.545. The predicted octanol–water partition coefficient (Wildman–Crippen LogP) is 4.39. The molecule has 4 aromatic rings. The van der Waals surface area contributed by atoms with Crippen LogP contribution in [0.1, 0.15) is 15.9 Å². The number of hydrogen-bond donors (Lipinski definition) is 1. The number of amides is 1. The third kappa shape index (κ3) is 6.23. The van der Waals surface area contributed by atoms with Crippen molar-refractivity contribution in [3.63, 3.8) is 0 Å². The van der Waals surface area contributed by atoms with E-state index >= 15 is 0 Å². The van der Waals surface area contributed by atoms with Gasteiger partial charge in [-0.1, -0.05) is 18.2 Å². The molecule has 0 saturated heterocycles. The maximum Gasteiger partial charge on any atom is 0.338 e. The van der Waals surface area contributed by atoms with Crippen LogP contribution in [0.15, 0.2) is 85.2 Å². The summed E-state index contributed by atoms with van der Waals surface area (Å²) in [6, 6.07) is 19.5. The summed E-state index contributed by atoms with van der Waals surface area (Å²) in [7, 11) is 1.42. The Morgan fingerprint density at radius 3 is 2.51 bits per heavy atom. The lowest BCUT2D eigenvalue weighted by Gasteiger charge is -2.12. The first-order chi connectivity index (χ1) is 17.0. The standard InChI is InChI=1S/C26H22FN3O5/c1-33-24-13-19(7-12-23(24)34-17-25(31)29-21-10-8-20(27)9-11-21)26(32)35-16-18-14-28-30(15-18)22-5-3-2-4-6-22/h2-15H,16-17H2,1H3,(H,29,31). The molecule has 4 rings (SSSR count). The van der Waals surface area contributed by atoms with Crippen LogP contribution in [-0.4, -0.2) is 35.4 Å². The maximum absolute atomic E-state index is 13.0. The average Bonchev–Trinajstić information content (AvgIpc) is 3.37. The Morgan fingerprint density at radius 1 is 1.00 bits per heavy atom. The Hall–Kier alpha value is -4.66. The summed E-state index contributed by atoms with van der Waals surface area (Å²) in [5.74, 6) is -0.826. The molecule has 0 fully saturated rings. The van der Waals surface area contributed by atoms with Gasteiger partial charge in [-0.05, 0) is 54.6 Å². The molecule has 35 heavy (non-hydrogen) atoms. The van der Waals surface area contributed by atoms with E-state index in [9.17, 15) is 14.0 Å². The molecule has 9 heteroatoms. The number of para-hydroxylation sites is 1. The normalized spacial score (nSPS) is 10.5. The predicted molar refractivity (Wildman–Crippen MR) is 126 cm³/mol. The zero-order chi connectivity index (χ0) is 24.6. The van der Waals surface area contributed by atoms with Gasteiger partial charge >= 0.3 is 5.97 Å². The van der Waals surface area contributed by atoms with Gasteiger partial charge in [0.1, 0.15) is 12.4 Å². The second-order valence-corrected chi connectivity index (χ2v) is 7.41. The fraction of sp³-hybridized carbons (Fsp3) is 0.115. The molecule has 0 spiro atoms. The van der Waals surface area contributed by atoms with Gasteiger partial charge in [0.05, 0.1) is 24.6 Å². The first-order valence-corrected chi connectivity index (χ1v) is 10.6. The van der Waals surface area contributed by atoms with Gasteiger partial charge in [0.25, 0.3) is 5.91 Å². The van der Waals surface area contributed by atoms with Gasteiger partial charge < -0.3 is 19.5 Å². The molecular weight excluding hydrogens is 453 g/mol.